The van der Waals surface area contributed by atoms with E-state index in [1.165, 1.54) is 17.1 Å². The Bertz CT molecular complexity index is 846. The molecule has 0 saturated heterocycles. The number of hydrogen-bond acceptors (Lipinski definition) is 6. The summed E-state index contributed by atoms with van der Waals surface area (Å²) in [6.07, 6.45) is 2.73. The zero-order valence-electron chi connectivity index (χ0n) is 16.3. The van der Waals surface area contributed by atoms with Crippen LogP contribution < -0.4 is 10.2 Å². The number of carbonyl (C=O) groups excluding carboxylic acids is 1. The van der Waals surface area contributed by atoms with Crippen LogP contribution in [0.25, 0.3) is 0 Å². The monoisotopic (exact) mass is 398 g/mol. The molecule has 7 heteroatoms. The molecule has 0 unspecified atom stereocenters. The number of hydrogen-bond donors (Lipinski definition) is 1. The van der Waals surface area contributed by atoms with Crippen LogP contribution in [0.15, 0.2) is 53.1 Å². The Labute approximate surface area is 169 Å². The summed E-state index contributed by atoms with van der Waals surface area (Å²) in [6, 6.07) is 13.9. The summed E-state index contributed by atoms with van der Waals surface area (Å²) in [5.41, 5.74) is 1.19. The van der Waals surface area contributed by atoms with E-state index < -0.39 is 0 Å². The minimum Gasteiger partial charge on any atom is -0.467 e. The molecule has 0 radical (unpaired) electrons. The Hall–Kier alpha value is -2.67. The van der Waals surface area contributed by atoms with E-state index in [2.05, 4.69) is 40.6 Å². The molecule has 3 aromatic rings. The van der Waals surface area contributed by atoms with Gasteiger partial charge >= 0.3 is 0 Å². The molecule has 0 atom stereocenters. The third kappa shape index (κ3) is 6.20. The van der Waals surface area contributed by atoms with Gasteiger partial charge in [0.15, 0.2) is 0 Å². The fraction of sp³-hybridized carbons (Fsp3) is 0.381. The number of rotatable bonds is 10. The molecule has 0 aliphatic heterocycles. The number of amides is 1. The van der Waals surface area contributed by atoms with E-state index in [4.69, 9.17) is 9.40 Å². The standard InChI is InChI=1S/C21H26N4O2S/c1-16(2)15-25(11-10-20(26)22-14-18-9-6-12-27-18)21-23-19(24-28-21)13-17-7-4-3-5-8-17/h3-9,12,16H,10-11,13-15H2,1-2H3,(H,22,26). The molecule has 3 rings (SSSR count). The SMILES string of the molecule is CC(C)CN(CCC(=O)NCc1ccco1)c1nc(Cc2ccccc2)ns1. The molecule has 148 valence electrons. The van der Waals surface area contributed by atoms with E-state index in [-0.39, 0.29) is 5.91 Å². The molecular formula is C21H26N4O2S. The van der Waals surface area contributed by atoms with E-state index in [1.807, 2.05) is 30.3 Å². The molecule has 2 heterocycles. The number of carbonyl (C=O) groups is 1. The predicted octanol–water partition coefficient (Wildman–Crippen LogP) is 3.89. The van der Waals surface area contributed by atoms with Crippen molar-refractivity contribution in [2.45, 2.75) is 33.2 Å². The largest absolute Gasteiger partial charge is 0.467 e. The Morgan fingerprint density at radius 3 is 2.75 bits per heavy atom. The van der Waals surface area contributed by atoms with Crippen LogP contribution in [-0.4, -0.2) is 28.4 Å². The van der Waals surface area contributed by atoms with E-state index in [0.717, 1.165) is 29.7 Å². The molecule has 0 spiro atoms. The van der Waals surface area contributed by atoms with Gasteiger partial charge in [-0.2, -0.15) is 4.37 Å². The van der Waals surface area contributed by atoms with Crippen LogP contribution in [-0.2, 0) is 17.8 Å². The van der Waals surface area contributed by atoms with Gasteiger partial charge in [0.1, 0.15) is 11.6 Å². The van der Waals surface area contributed by atoms with Crippen molar-refractivity contribution in [1.82, 2.24) is 14.7 Å². The lowest BCUT2D eigenvalue weighted by Crippen LogP contribution is -2.33. The molecule has 0 saturated carbocycles. The van der Waals surface area contributed by atoms with Crippen LogP contribution in [0.2, 0.25) is 0 Å². The van der Waals surface area contributed by atoms with Gasteiger partial charge in [-0.3, -0.25) is 4.79 Å². The summed E-state index contributed by atoms with van der Waals surface area (Å²) in [5, 5.41) is 3.76. The molecule has 28 heavy (non-hydrogen) atoms. The number of anilines is 1. The van der Waals surface area contributed by atoms with E-state index in [1.54, 1.807) is 6.26 Å². The number of aromatic nitrogens is 2. The van der Waals surface area contributed by atoms with Crippen LogP contribution in [0, 0.1) is 5.92 Å². The lowest BCUT2D eigenvalue weighted by atomic mass is 10.1. The van der Waals surface area contributed by atoms with Crippen molar-refractivity contribution in [3.8, 4) is 0 Å². The minimum absolute atomic E-state index is 0.000759. The van der Waals surface area contributed by atoms with Gasteiger partial charge in [-0.05, 0) is 23.6 Å². The molecule has 0 bridgehead atoms. The Balaban J connectivity index is 1.56. The highest BCUT2D eigenvalue weighted by Gasteiger charge is 2.16. The Kier molecular flexibility index (Phi) is 7.19. The van der Waals surface area contributed by atoms with Crippen LogP contribution in [0.4, 0.5) is 5.13 Å². The van der Waals surface area contributed by atoms with Gasteiger partial charge < -0.3 is 14.6 Å². The number of nitrogens with one attached hydrogen (secondary N) is 1. The van der Waals surface area contributed by atoms with Gasteiger partial charge in [0, 0.05) is 37.5 Å². The normalized spacial score (nSPS) is 11.0. The lowest BCUT2D eigenvalue weighted by Gasteiger charge is -2.23. The van der Waals surface area contributed by atoms with Gasteiger partial charge in [-0.1, -0.05) is 44.2 Å². The molecule has 0 aliphatic rings. The third-order valence-electron chi connectivity index (χ3n) is 4.17. The van der Waals surface area contributed by atoms with Crippen LogP contribution in [0.1, 0.15) is 37.4 Å². The van der Waals surface area contributed by atoms with Crippen molar-refractivity contribution in [1.29, 1.82) is 0 Å². The summed E-state index contributed by atoms with van der Waals surface area (Å²) in [4.78, 5) is 19.1. The first-order chi connectivity index (χ1) is 13.6. The summed E-state index contributed by atoms with van der Waals surface area (Å²) in [6.45, 7) is 6.19. The molecule has 1 N–H and O–H groups in total. The highest BCUT2D eigenvalue weighted by molar-refractivity contribution is 7.09. The molecule has 1 amide bonds. The first-order valence-electron chi connectivity index (χ1n) is 9.50. The maximum absolute atomic E-state index is 12.2. The van der Waals surface area contributed by atoms with Crippen LogP contribution in [0.3, 0.4) is 0 Å². The smallest absolute Gasteiger partial charge is 0.222 e. The van der Waals surface area contributed by atoms with Crippen LogP contribution >= 0.6 is 11.5 Å². The molecular weight excluding hydrogens is 372 g/mol. The first kappa shape index (κ1) is 20.1. The van der Waals surface area contributed by atoms with Crippen LogP contribution in [0.5, 0.6) is 0 Å². The molecule has 0 fully saturated rings. The molecule has 6 nitrogen and oxygen atoms in total. The molecule has 0 aliphatic carbocycles. The molecule has 2 aromatic heterocycles. The quantitative estimate of drug-likeness (QED) is 0.561. The first-order valence-corrected chi connectivity index (χ1v) is 10.3. The van der Waals surface area contributed by atoms with Crippen molar-refractivity contribution in [2.75, 3.05) is 18.0 Å². The minimum atomic E-state index is -0.000759. The van der Waals surface area contributed by atoms with Gasteiger partial charge in [0.05, 0.1) is 12.8 Å². The summed E-state index contributed by atoms with van der Waals surface area (Å²) in [5.74, 6) is 2.04. The van der Waals surface area contributed by atoms with E-state index >= 15 is 0 Å². The predicted molar refractivity (Wildman–Crippen MR) is 111 cm³/mol. The van der Waals surface area contributed by atoms with Crippen molar-refractivity contribution in [3.63, 3.8) is 0 Å². The highest BCUT2D eigenvalue weighted by atomic mass is 32.1. The number of benzene rings is 1. The van der Waals surface area contributed by atoms with Gasteiger partial charge in [-0.25, -0.2) is 4.98 Å². The number of furan rings is 1. The zero-order valence-corrected chi connectivity index (χ0v) is 17.1. The zero-order chi connectivity index (χ0) is 19.8. The topological polar surface area (TPSA) is 71.3 Å². The molecule has 1 aromatic carbocycles. The number of nitrogens with zero attached hydrogens (tertiary/aromatic N) is 3. The van der Waals surface area contributed by atoms with Crippen molar-refractivity contribution in [3.05, 3.63) is 65.9 Å². The van der Waals surface area contributed by atoms with Crippen molar-refractivity contribution >= 4 is 22.6 Å². The summed E-state index contributed by atoms with van der Waals surface area (Å²) >= 11 is 1.40. The van der Waals surface area contributed by atoms with E-state index in [0.29, 0.717) is 25.4 Å². The third-order valence-corrected chi connectivity index (χ3v) is 4.98. The van der Waals surface area contributed by atoms with Crippen molar-refractivity contribution < 1.29 is 9.21 Å². The Morgan fingerprint density at radius 2 is 2.04 bits per heavy atom. The highest BCUT2D eigenvalue weighted by Crippen LogP contribution is 2.20. The van der Waals surface area contributed by atoms with Gasteiger partial charge in [-0.15, -0.1) is 0 Å². The average molecular weight is 399 g/mol. The maximum Gasteiger partial charge on any atom is 0.222 e. The summed E-state index contributed by atoms with van der Waals surface area (Å²) in [7, 11) is 0. The maximum atomic E-state index is 12.2. The average Bonchev–Trinajstić information content (AvgIpc) is 3.36. The lowest BCUT2D eigenvalue weighted by molar-refractivity contribution is -0.121. The second kappa shape index (κ2) is 10.0. The fourth-order valence-corrected chi connectivity index (χ4v) is 3.57. The Morgan fingerprint density at radius 1 is 1.21 bits per heavy atom. The second-order valence-electron chi connectivity index (χ2n) is 7.10. The second-order valence-corrected chi connectivity index (χ2v) is 7.83. The van der Waals surface area contributed by atoms with Crippen molar-refractivity contribution in [2.24, 2.45) is 5.92 Å². The van der Waals surface area contributed by atoms with Gasteiger partial charge in [0.25, 0.3) is 0 Å². The fourth-order valence-electron chi connectivity index (χ4n) is 2.85. The van der Waals surface area contributed by atoms with E-state index in [9.17, 15) is 4.79 Å². The van der Waals surface area contributed by atoms with Gasteiger partial charge in [0.2, 0.25) is 11.0 Å². The summed E-state index contributed by atoms with van der Waals surface area (Å²) < 4.78 is 9.75.